The number of para-hydroxylation sites is 2. The number of rotatable bonds is 9. The average molecular weight is 946 g/mol. The monoisotopic (exact) mass is 945 g/mol. The van der Waals surface area contributed by atoms with Crippen LogP contribution in [0, 0.1) is 0 Å². The molecule has 3 heterocycles. The fourth-order valence-corrected chi connectivity index (χ4v) is 11.1. The predicted octanol–water partition coefficient (Wildman–Crippen LogP) is 17.2. The molecule has 1 N–H and O–H groups in total. The molecule has 11 aromatic carbocycles. The summed E-state index contributed by atoms with van der Waals surface area (Å²) in [5.41, 5.74) is 19.0. The van der Waals surface area contributed by atoms with Crippen molar-refractivity contribution in [2.75, 3.05) is 0 Å². The van der Waals surface area contributed by atoms with Gasteiger partial charge in [-0.2, -0.15) is 0 Å². The van der Waals surface area contributed by atoms with E-state index < -0.39 is 6.29 Å². The van der Waals surface area contributed by atoms with E-state index in [4.69, 9.17) is 9.98 Å². The molecule has 1 aliphatic rings. The molecule has 0 aliphatic carbocycles. The summed E-state index contributed by atoms with van der Waals surface area (Å²) in [6, 6.07) is 98.0. The van der Waals surface area contributed by atoms with Crippen molar-refractivity contribution in [3.05, 3.63) is 284 Å². The van der Waals surface area contributed by atoms with Gasteiger partial charge in [0.15, 0.2) is 5.84 Å². The van der Waals surface area contributed by atoms with E-state index in [1.165, 1.54) is 33.2 Å². The van der Waals surface area contributed by atoms with Crippen LogP contribution in [0.25, 0.3) is 105 Å². The molecule has 0 bridgehead atoms. The number of benzene rings is 11. The zero-order chi connectivity index (χ0) is 49.0. The summed E-state index contributed by atoms with van der Waals surface area (Å²) < 4.78 is 4.92. The molecule has 74 heavy (non-hydrogen) atoms. The van der Waals surface area contributed by atoms with Crippen molar-refractivity contribution >= 4 is 55.3 Å². The second kappa shape index (κ2) is 18.1. The summed E-state index contributed by atoms with van der Waals surface area (Å²) >= 11 is 0. The van der Waals surface area contributed by atoms with E-state index in [0.29, 0.717) is 5.84 Å². The molecular formula is C69H47N5. The molecule has 0 saturated heterocycles. The minimum Gasteiger partial charge on any atom is -0.331 e. The Hall–Kier alpha value is -9.84. The van der Waals surface area contributed by atoms with Crippen LogP contribution < -0.4 is 5.32 Å². The van der Waals surface area contributed by atoms with E-state index in [-0.39, 0.29) is 0 Å². The van der Waals surface area contributed by atoms with Crippen LogP contribution in [-0.2, 0) is 0 Å². The van der Waals surface area contributed by atoms with Crippen molar-refractivity contribution in [1.82, 2.24) is 14.5 Å². The third-order valence-corrected chi connectivity index (χ3v) is 14.6. The smallest absolute Gasteiger partial charge is 0.204 e. The van der Waals surface area contributed by atoms with Gasteiger partial charge in [-0.05, 0) is 92.5 Å². The van der Waals surface area contributed by atoms with Gasteiger partial charge in [0.25, 0.3) is 0 Å². The topological polar surface area (TPSA) is 46.6 Å². The van der Waals surface area contributed by atoms with Crippen LogP contribution in [0.5, 0.6) is 0 Å². The third-order valence-electron chi connectivity index (χ3n) is 14.6. The van der Waals surface area contributed by atoms with Gasteiger partial charge >= 0.3 is 0 Å². The highest BCUT2D eigenvalue weighted by molar-refractivity contribution is 6.24. The van der Waals surface area contributed by atoms with Crippen molar-refractivity contribution in [2.45, 2.75) is 6.29 Å². The molecule has 1 atom stereocenters. The fourth-order valence-electron chi connectivity index (χ4n) is 11.1. The molecule has 2 aromatic heterocycles. The summed E-state index contributed by atoms with van der Waals surface area (Å²) in [5.74, 6) is 1.43. The number of hydrogen-bond donors (Lipinski definition) is 1. The van der Waals surface area contributed by atoms with E-state index in [2.05, 4.69) is 281 Å². The van der Waals surface area contributed by atoms with Crippen molar-refractivity contribution in [3.8, 4) is 61.3 Å². The van der Waals surface area contributed by atoms with E-state index >= 15 is 0 Å². The number of fused-ring (bicyclic) bond motifs is 7. The quantitative estimate of drug-likeness (QED) is 0.154. The maximum absolute atomic E-state index is 5.54. The average Bonchev–Trinajstić information content (AvgIpc) is 4.08. The first kappa shape index (κ1) is 43.0. The first-order valence-electron chi connectivity index (χ1n) is 25.3. The highest BCUT2D eigenvalue weighted by atomic mass is 15.3. The van der Waals surface area contributed by atoms with E-state index in [1.54, 1.807) is 0 Å². The lowest BCUT2D eigenvalue weighted by Gasteiger charge is -2.26. The third kappa shape index (κ3) is 7.49. The molecule has 1 unspecified atom stereocenters. The predicted molar refractivity (Wildman–Crippen MR) is 309 cm³/mol. The highest BCUT2D eigenvalue weighted by Crippen LogP contribution is 2.45. The second-order valence-corrected chi connectivity index (χ2v) is 19.0. The second-order valence-electron chi connectivity index (χ2n) is 19.0. The molecule has 5 heteroatoms. The van der Waals surface area contributed by atoms with Crippen LogP contribution in [0.4, 0.5) is 0 Å². The Morgan fingerprint density at radius 2 is 0.743 bits per heavy atom. The first-order chi connectivity index (χ1) is 36.7. The number of hydrogen-bond acceptors (Lipinski definition) is 3. The number of nitrogens with zero attached hydrogens (tertiary/aromatic N) is 4. The Labute approximate surface area is 429 Å². The van der Waals surface area contributed by atoms with Crippen LogP contribution in [0.2, 0.25) is 0 Å². The molecule has 348 valence electrons. The molecule has 14 rings (SSSR count). The summed E-state index contributed by atoms with van der Waals surface area (Å²) in [5, 5.41) is 8.53. The molecule has 0 radical (unpaired) electrons. The van der Waals surface area contributed by atoms with Gasteiger partial charge in [-0.25, -0.2) is 9.98 Å². The van der Waals surface area contributed by atoms with Crippen LogP contribution >= 0.6 is 0 Å². The zero-order valence-electron chi connectivity index (χ0n) is 40.3. The molecule has 13 aromatic rings. The van der Waals surface area contributed by atoms with Gasteiger partial charge in [0.1, 0.15) is 5.84 Å². The highest BCUT2D eigenvalue weighted by Gasteiger charge is 2.28. The van der Waals surface area contributed by atoms with Crippen LogP contribution in [0.15, 0.2) is 283 Å². The maximum atomic E-state index is 5.54. The maximum Gasteiger partial charge on any atom is 0.204 e. The SMILES string of the molecule is c1ccc(C2=NC(n3c4ccccc4c4ccc5c6ccccc6n(-c6ccc(-c7cc(-c8ccccc8)cc(-c8ccccc8)c7)cc6-c6ccccc6)c5c43)NC(c3ccc(-c4ccccc4)cc3)=N2)cc1. The largest absolute Gasteiger partial charge is 0.331 e. The number of aromatic nitrogens is 2. The van der Waals surface area contributed by atoms with Gasteiger partial charge < -0.3 is 9.88 Å². The number of aliphatic imine (C=N–C) groups is 2. The molecule has 0 amide bonds. The molecule has 5 nitrogen and oxygen atoms in total. The summed E-state index contributed by atoms with van der Waals surface area (Å²) in [6.45, 7) is 0. The lowest BCUT2D eigenvalue weighted by Crippen LogP contribution is -2.36. The Kier molecular flexibility index (Phi) is 10.5. The Balaban J connectivity index is 1.01. The van der Waals surface area contributed by atoms with Gasteiger partial charge in [0.2, 0.25) is 6.29 Å². The van der Waals surface area contributed by atoms with Crippen LogP contribution in [0.1, 0.15) is 17.4 Å². The van der Waals surface area contributed by atoms with Gasteiger partial charge in [0, 0.05) is 38.2 Å². The van der Waals surface area contributed by atoms with Crippen LogP contribution in [0.3, 0.4) is 0 Å². The molecular weight excluding hydrogens is 899 g/mol. The van der Waals surface area contributed by atoms with Crippen molar-refractivity contribution < 1.29 is 0 Å². The minimum absolute atomic E-state index is 0.558. The molecule has 0 fully saturated rings. The van der Waals surface area contributed by atoms with E-state index in [1.807, 2.05) is 6.07 Å². The Bertz CT molecular complexity index is 4230. The zero-order valence-corrected chi connectivity index (χ0v) is 40.3. The fraction of sp³-hybridized carbons (Fsp3) is 0.0145. The summed E-state index contributed by atoms with van der Waals surface area (Å²) in [7, 11) is 0. The first-order valence-corrected chi connectivity index (χ1v) is 25.3. The Morgan fingerprint density at radius 3 is 1.34 bits per heavy atom. The van der Waals surface area contributed by atoms with Gasteiger partial charge in [0.05, 0.1) is 27.8 Å². The van der Waals surface area contributed by atoms with Crippen LogP contribution in [-0.4, -0.2) is 20.8 Å². The van der Waals surface area contributed by atoms with Gasteiger partial charge in [-0.3, -0.25) is 4.57 Å². The van der Waals surface area contributed by atoms with Crippen molar-refractivity contribution in [2.24, 2.45) is 9.98 Å². The lowest BCUT2D eigenvalue weighted by atomic mass is 9.91. The van der Waals surface area contributed by atoms with Gasteiger partial charge in [-0.15, -0.1) is 0 Å². The Morgan fingerprint density at radius 1 is 0.311 bits per heavy atom. The minimum atomic E-state index is -0.558. The van der Waals surface area contributed by atoms with Gasteiger partial charge in [-0.1, -0.05) is 231 Å². The van der Waals surface area contributed by atoms with E-state index in [9.17, 15) is 0 Å². The number of amidine groups is 2. The number of nitrogens with one attached hydrogen (secondary N) is 1. The standard InChI is InChI=1S/C69H47N5/c1-6-20-46(21-7-1)49-34-36-52(37-35-49)68-70-67(51-28-14-5-15-29-51)71-69(72-68)74-63-33-19-17-31-58(63)60-40-39-59-57-30-16-18-32-62(57)73(65(59)66(60)74)64-41-38-53(45-61(64)50-26-12-4-13-27-50)56-43-54(47-22-8-2-9-23-47)42-55(44-56)48-24-10-3-11-25-48/h1-45,69H,(H,70,71,72). The lowest BCUT2D eigenvalue weighted by molar-refractivity contribution is 0.516. The molecule has 0 spiro atoms. The van der Waals surface area contributed by atoms with E-state index in [0.717, 1.165) is 88.7 Å². The summed E-state index contributed by atoms with van der Waals surface area (Å²) in [6.07, 6.45) is -0.558. The van der Waals surface area contributed by atoms with Crippen molar-refractivity contribution in [3.63, 3.8) is 0 Å². The molecule has 0 saturated carbocycles. The summed E-state index contributed by atoms with van der Waals surface area (Å²) in [4.78, 5) is 10.8. The normalized spacial score (nSPS) is 13.5. The molecule has 1 aliphatic heterocycles. The van der Waals surface area contributed by atoms with Crippen molar-refractivity contribution in [1.29, 1.82) is 0 Å².